The lowest BCUT2D eigenvalue weighted by Gasteiger charge is -2.19. The van der Waals surface area contributed by atoms with E-state index in [4.69, 9.17) is 15.2 Å². The fraction of sp³-hybridized carbons (Fsp3) is 0.276. The highest BCUT2D eigenvalue weighted by Crippen LogP contribution is 2.29. The summed E-state index contributed by atoms with van der Waals surface area (Å²) in [6, 6.07) is 16.0. The van der Waals surface area contributed by atoms with Gasteiger partial charge in [-0.05, 0) is 63.1 Å². The Morgan fingerprint density at radius 2 is 1.89 bits per heavy atom. The molecular weight excluding hydrogens is 466 g/mol. The number of fused-ring (bicyclic) bond motifs is 2. The van der Waals surface area contributed by atoms with Crippen LogP contribution in [0.1, 0.15) is 32.0 Å². The van der Waals surface area contributed by atoms with Crippen molar-refractivity contribution in [3.63, 3.8) is 0 Å². The maximum absolute atomic E-state index is 12.6. The SMILES string of the molecule is Cc1nn(C(=O)OC(C)(C)C)c2ccc(-c3cncc(OC(CN)Cc4c[nH]c5ccccc45)c3)cc12. The van der Waals surface area contributed by atoms with Crippen LogP contribution >= 0.6 is 0 Å². The lowest BCUT2D eigenvalue weighted by atomic mass is 10.0. The first-order valence-corrected chi connectivity index (χ1v) is 12.3. The van der Waals surface area contributed by atoms with E-state index in [1.807, 2.05) is 70.3 Å². The molecule has 0 amide bonds. The summed E-state index contributed by atoms with van der Waals surface area (Å²) in [7, 11) is 0. The van der Waals surface area contributed by atoms with Crippen LogP contribution in [-0.2, 0) is 11.2 Å². The highest BCUT2D eigenvalue weighted by molar-refractivity contribution is 5.92. The first kappa shape index (κ1) is 24.5. The van der Waals surface area contributed by atoms with Crippen LogP contribution in [0.25, 0.3) is 32.9 Å². The highest BCUT2D eigenvalue weighted by atomic mass is 16.6. The third kappa shape index (κ3) is 5.20. The predicted molar refractivity (Wildman–Crippen MR) is 145 cm³/mol. The number of pyridine rings is 1. The Morgan fingerprint density at radius 1 is 1.08 bits per heavy atom. The zero-order chi connectivity index (χ0) is 26.2. The minimum atomic E-state index is -0.606. The molecule has 3 N–H and O–H groups in total. The highest BCUT2D eigenvalue weighted by Gasteiger charge is 2.21. The van der Waals surface area contributed by atoms with E-state index in [1.54, 1.807) is 12.4 Å². The van der Waals surface area contributed by atoms with E-state index in [1.165, 1.54) is 10.1 Å². The maximum Gasteiger partial charge on any atom is 0.435 e. The van der Waals surface area contributed by atoms with Crippen molar-refractivity contribution in [3.8, 4) is 16.9 Å². The van der Waals surface area contributed by atoms with E-state index >= 15 is 0 Å². The van der Waals surface area contributed by atoms with Crippen LogP contribution in [0.2, 0.25) is 0 Å². The van der Waals surface area contributed by atoms with Crippen LogP contribution in [-0.4, -0.2) is 44.1 Å². The standard InChI is InChI=1S/C29H31N5O3/c1-18-25-13-19(9-10-27(25)34(33-18)28(35)37-29(2,3)4)20-11-23(17-31-15-20)36-22(14-30)12-21-16-32-26-8-6-5-7-24(21)26/h5-11,13,15-17,22,32H,12,14,30H2,1-4H3. The van der Waals surface area contributed by atoms with E-state index in [9.17, 15) is 4.79 Å². The van der Waals surface area contributed by atoms with Crippen LogP contribution in [0.4, 0.5) is 4.79 Å². The van der Waals surface area contributed by atoms with Gasteiger partial charge in [0.1, 0.15) is 17.5 Å². The van der Waals surface area contributed by atoms with Gasteiger partial charge in [-0.3, -0.25) is 4.98 Å². The summed E-state index contributed by atoms with van der Waals surface area (Å²) in [6.07, 6.45) is 5.48. The molecule has 1 atom stereocenters. The van der Waals surface area contributed by atoms with Crippen LogP contribution in [0, 0.1) is 6.92 Å². The Hall–Kier alpha value is -4.17. The third-order valence-corrected chi connectivity index (χ3v) is 6.17. The number of para-hydroxylation sites is 1. The van der Waals surface area contributed by atoms with Crippen molar-refractivity contribution >= 4 is 27.9 Å². The van der Waals surface area contributed by atoms with Crippen molar-refractivity contribution < 1.29 is 14.3 Å². The minimum Gasteiger partial charge on any atom is -0.487 e. The Labute approximate surface area is 215 Å². The zero-order valence-electron chi connectivity index (χ0n) is 21.5. The fourth-order valence-electron chi connectivity index (χ4n) is 4.44. The molecule has 0 fully saturated rings. The Morgan fingerprint density at radius 3 is 2.68 bits per heavy atom. The van der Waals surface area contributed by atoms with E-state index in [0.29, 0.717) is 24.2 Å². The average Bonchev–Trinajstić information content (AvgIpc) is 3.43. The van der Waals surface area contributed by atoms with Gasteiger partial charge in [0.05, 0.1) is 17.4 Å². The van der Waals surface area contributed by atoms with Gasteiger partial charge in [0, 0.05) is 47.2 Å². The molecule has 2 aromatic carbocycles. The number of rotatable bonds is 6. The van der Waals surface area contributed by atoms with Gasteiger partial charge in [0.15, 0.2) is 0 Å². The number of nitrogens with one attached hydrogen (secondary N) is 1. The number of nitrogens with two attached hydrogens (primary N) is 1. The summed E-state index contributed by atoms with van der Waals surface area (Å²) >= 11 is 0. The summed E-state index contributed by atoms with van der Waals surface area (Å²) in [4.78, 5) is 20.4. The molecule has 5 rings (SSSR count). The third-order valence-electron chi connectivity index (χ3n) is 6.17. The average molecular weight is 498 g/mol. The molecule has 3 aromatic heterocycles. The normalized spacial score (nSPS) is 12.7. The second-order valence-corrected chi connectivity index (χ2v) is 10.2. The number of aromatic nitrogens is 4. The number of aryl methyl sites for hydroxylation is 1. The number of ether oxygens (including phenoxy) is 2. The number of aromatic amines is 1. The molecule has 8 nitrogen and oxygen atoms in total. The fourth-order valence-corrected chi connectivity index (χ4v) is 4.44. The molecule has 1 unspecified atom stereocenters. The van der Waals surface area contributed by atoms with Gasteiger partial charge in [0.2, 0.25) is 0 Å². The molecule has 0 aliphatic carbocycles. The first-order chi connectivity index (χ1) is 17.7. The maximum atomic E-state index is 12.6. The Balaban J connectivity index is 1.38. The zero-order valence-corrected chi connectivity index (χ0v) is 21.5. The molecule has 0 saturated heterocycles. The second-order valence-electron chi connectivity index (χ2n) is 10.2. The van der Waals surface area contributed by atoms with Crippen LogP contribution < -0.4 is 10.5 Å². The van der Waals surface area contributed by atoms with Gasteiger partial charge >= 0.3 is 6.09 Å². The van der Waals surface area contributed by atoms with Gasteiger partial charge in [-0.25, -0.2) is 4.79 Å². The van der Waals surface area contributed by atoms with Crippen molar-refractivity contribution in [1.82, 2.24) is 19.7 Å². The van der Waals surface area contributed by atoms with E-state index < -0.39 is 11.7 Å². The topological polar surface area (TPSA) is 108 Å². The van der Waals surface area contributed by atoms with Gasteiger partial charge < -0.3 is 20.2 Å². The molecule has 0 radical (unpaired) electrons. The molecule has 0 saturated carbocycles. The van der Waals surface area contributed by atoms with E-state index in [0.717, 1.165) is 33.3 Å². The number of nitrogens with zero attached hydrogens (tertiary/aromatic N) is 3. The molecule has 0 aliphatic heterocycles. The summed E-state index contributed by atoms with van der Waals surface area (Å²) in [5, 5.41) is 6.46. The quantitative estimate of drug-likeness (QED) is 0.315. The number of hydrogen-bond donors (Lipinski definition) is 2. The monoisotopic (exact) mass is 497 g/mol. The molecule has 8 heteroatoms. The van der Waals surface area contributed by atoms with Crippen LogP contribution in [0.5, 0.6) is 5.75 Å². The smallest absolute Gasteiger partial charge is 0.435 e. The predicted octanol–water partition coefficient (Wildman–Crippen LogP) is 5.62. The van der Waals surface area contributed by atoms with Gasteiger partial charge in [-0.1, -0.05) is 24.3 Å². The van der Waals surface area contributed by atoms with E-state index in [-0.39, 0.29) is 6.10 Å². The molecule has 190 valence electrons. The molecule has 5 aromatic rings. The number of H-pyrrole nitrogens is 1. The lowest BCUT2D eigenvalue weighted by molar-refractivity contribution is 0.0522. The van der Waals surface area contributed by atoms with Crippen molar-refractivity contribution in [2.45, 2.75) is 45.8 Å². The summed E-state index contributed by atoms with van der Waals surface area (Å²) in [6.45, 7) is 7.75. The lowest BCUT2D eigenvalue weighted by Crippen LogP contribution is -2.29. The molecule has 0 aliphatic rings. The number of carbonyl (C=O) groups excluding carboxylic acids is 1. The summed E-state index contributed by atoms with van der Waals surface area (Å²) < 4.78 is 13.1. The number of hydrogen-bond acceptors (Lipinski definition) is 6. The number of benzene rings is 2. The Kier molecular flexibility index (Phi) is 6.43. The Bertz CT molecular complexity index is 1580. The van der Waals surface area contributed by atoms with Crippen LogP contribution in [0.3, 0.4) is 0 Å². The first-order valence-electron chi connectivity index (χ1n) is 12.3. The van der Waals surface area contributed by atoms with Crippen molar-refractivity contribution in [2.75, 3.05) is 6.54 Å². The van der Waals surface area contributed by atoms with Gasteiger partial charge in [-0.15, -0.1) is 0 Å². The minimum absolute atomic E-state index is 0.201. The molecule has 3 heterocycles. The molecule has 0 bridgehead atoms. The van der Waals surface area contributed by atoms with Crippen molar-refractivity contribution in [2.24, 2.45) is 5.73 Å². The van der Waals surface area contributed by atoms with Gasteiger partial charge in [0.25, 0.3) is 0 Å². The van der Waals surface area contributed by atoms with Crippen molar-refractivity contribution in [3.05, 3.63) is 78.4 Å². The molecule has 0 spiro atoms. The largest absolute Gasteiger partial charge is 0.487 e. The van der Waals surface area contributed by atoms with Crippen molar-refractivity contribution in [1.29, 1.82) is 0 Å². The molecular formula is C29H31N5O3. The summed E-state index contributed by atoms with van der Waals surface area (Å²) in [5.41, 5.74) is 11.0. The van der Waals surface area contributed by atoms with Gasteiger partial charge in [-0.2, -0.15) is 9.78 Å². The molecule has 37 heavy (non-hydrogen) atoms. The number of carbonyl (C=O) groups is 1. The summed E-state index contributed by atoms with van der Waals surface area (Å²) in [5.74, 6) is 0.647. The van der Waals surface area contributed by atoms with E-state index in [2.05, 4.69) is 27.2 Å². The second kappa shape index (κ2) is 9.71. The van der Waals surface area contributed by atoms with Crippen LogP contribution in [0.15, 0.2) is 67.1 Å².